The van der Waals surface area contributed by atoms with Gasteiger partial charge in [-0.05, 0) is 72.9 Å². The maximum Gasteiger partial charge on any atom is 0.343 e. The van der Waals surface area contributed by atoms with Gasteiger partial charge in [0.2, 0.25) is 0 Å². The highest BCUT2D eigenvalue weighted by atomic mass is 19.1. The molecule has 0 aliphatic carbocycles. The first kappa shape index (κ1) is 29.9. The number of unbranched alkanes of at least 4 members (excludes halogenated alkanes) is 5. The van der Waals surface area contributed by atoms with E-state index in [1.54, 1.807) is 12.1 Å². The van der Waals surface area contributed by atoms with E-state index in [2.05, 4.69) is 6.92 Å². The molecular formula is C33H39FO5. The van der Waals surface area contributed by atoms with Crippen molar-refractivity contribution in [1.82, 2.24) is 0 Å². The number of carbonyl (C=O) groups is 2. The van der Waals surface area contributed by atoms with E-state index >= 15 is 0 Å². The SMILES string of the molecule is CCCCCCCCOc1ccc(-c2ccc(C(=O)Oc3ccc(C(=O)OC(CC)CC)cc3F)cc2)cc1. The smallest absolute Gasteiger partial charge is 0.343 e. The minimum absolute atomic E-state index is 0.0716. The van der Waals surface area contributed by atoms with Gasteiger partial charge in [0.1, 0.15) is 11.9 Å². The molecule has 0 aliphatic rings. The number of carbonyl (C=O) groups excluding carboxylic acids is 2. The van der Waals surface area contributed by atoms with Crippen LogP contribution in [0.25, 0.3) is 11.1 Å². The number of benzene rings is 3. The van der Waals surface area contributed by atoms with E-state index in [9.17, 15) is 14.0 Å². The molecule has 3 aromatic rings. The molecule has 0 N–H and O–H groups in total. The highest BCUT2D eigenvalue weighted by Crippen LogP contribution is 2.25. The minimum atomic E-state index is -0.808. The molecule has 0 saturated carbocycles. The summed E-state index contributed by atoms with van der Waals surface area (Å²) < 4.78 is 31.0. The van der Waals surface area contributed by atoms with Gasteiger partial charge in [-0.15, -0.1) is 0 Å². The third-order valence-corrected chi connectivity index (χ3v) is 6.63. The number of hydrogen-bond acceptors (Lipinski definition) is 5. The molecule has 0 aromatic heterocycles. The monoisotopic (exact) mass is 534 g/mol. The lowest BCUT2D eigenvalue weighted by molar-refractivity contribution is 0.0284. The average Bonchev–Trinajstić information content (AvgIpc) is 2.96. The Hall–Kier alpha value is -3.67. The zero-order valence-corrected chi connectivity index (χ0v) is 23.2. The summed E-state index contributed by atoms with van der Waals surface area (Å²) in [5.74, 6) is -1.51. The molecule has 39 heavy (non-hydrogen) atoms. The van der Waals surface area contributed by atoms with Crippen LogP contribution in [0.15, 0.2) is 66.7 Å². The van der Waals surface area contributed by atoms with Gasteiger partial charge in [-0.2, -0.15) is 0 Å². The summed E-state index contributed by atoms with van der Waals surface area (Å²) in [6.07, 6.45) is 8.50. The standard InChI is InChI=1S/C33H39FO5/c1-4-7-8-9-10-11-22-37-29-19-16-25(17-20-29)24-12-14-26(15-13-24)32(35)39-31-21-18-27(23-30(31)34)33(36)38-28(5-2)6-3/h12-21,23,28H,4-11,22H2,1-3H3. The maximum absolute atomic E-state index is 14.6. The van der Waals surface area contributed by atoms with E-state index in [4.69, 9.17) is 14.2 Å². The first-order valence-electron chi connectivity index (χ1n) is 14.0. The lowest BCUT2D eigenvalue weighted by Gasteiger charge is -2.14. The van der Waals surface area contributed by atoms with Crippen LogP contribution in [0.5, 0.6) is 11.5 Å². The third kappa shape index (κ3) is 9.24. The Morgan fingerprint density at radius 2 is 1.31 bits per heavy atom. The molecule has 0 saturated heterocycles. The van der Waals surface area contributed by atoms with E-state index in [-0.39, 0.29) is 23.0 Å². The first-order chi connectivity index (χ1) is 18.9. The van der Waals surface area contributed by atoms with Crippen LogP contribution in [0.1, 0.15) is 92.9 Å². The fraction of sp³-hybridized carbons (Fsp3) is 0.394. The zero-order valence-electron chi connectivity index (χ0n) is 23.2. The molecule has 0 heterocycles. The van der Waals surface area contributed by atoms with Crippen molar-refractivity contribution in [3.63, 3.8) is 0 Å². The van der Waals surface area contributed by atoms with Crippen LogP contribution < -0.4 is 9.47 Å². The summed E-state index contributed by atoms with van der Waals surface area (Å²) in [5, 5.41) is 0. The Morgan fingerprint density at radius 3 is 1.92 bits per heavy atom. The van der Waals surface area contributed by atoms with Gasteiger partial charge in [0.25, 0.3) is 0 Å². The molecule has 6 heteroatoms. The highest BCUT2D eigenvalue weighted by molar-refractivity contribution is 5.92. The third-order valence-electron chi connectivity index (χ3n) is 6.63. The molecule has 0 bridgehead atoms. The van der Waals surface area contributed by atoms with Crippen LogP contribution in [-0.4, -0.2) is 24.6 Å². The molecular weight excluding hydrogens is 495 g/mol. The van der Waals surface area contributed by atoms with Crippen molar-refractivity contribution >= 4 is 11.9 Å². The van der Waals surface area contributed by atoms with Crippen molar-refractivity contribution in [1.29, 1.82) is 0 Å². The van der Waals surface area contributed by atoms with E-state index in [1.807, 2.05) is 50.2 Å². The number of esters is 2. The zero-order chi connectivity index (χ0) is 28.0. The Labute approximate surface area is 231 Å². The van der Waals surface area contributed by atoms with Crippen molar-refractivity contribution in [3.05, 3.63) is 83.7 Å². The van der Waals surface area contributed by atoms with Crippen molar-refractivity contribution in [2.75, 3.05) is 6.61 Å². The quantitative estimate of drug-likeness (QED) is 0.111. The van der Waals surface area contributed by atoms with Crippen LogP contribution in [-0.2, 0) is 4.74 Å². The maximum atomic E-state index is 14.6. The molecule has 3 rings (SSSR count). The average molecular weight is 535 g/mol. The normalized spacial score (nSPS) is 10.9. The molecule has 0 aliphatic heterocycles. The van der Waals surface area contributed by atoms with Gasteiger partial charge in [0.15, 0.2) is 11.6 Å². The van der Waals surface area contributed by atoms with Crippen molar-refractivity contribution in [3.8, 4) is 22.6 Å². The summed E-state index contributed by atoms with van der Waals surface area (Å²) in [7, 11) is 0. The Balaban J connectivity index is 1.52. The fourth-order valence-electron chi connectivity index (χ4n) is 4.16. The molecule has 0 unspecified atom stereocenters. The van der Waals surface area contributed by atoms with Gasteiger partial charge in [0.05, 0.1) is 17.7 Å². The predicted octanol–water partition coefficient (Wildman–Crippen LogP) is 8.80. The highest BCUT2D eigenvalue weighted by Gasteiger charge is 2.17. The van der Waals surface area contributed by atoms with Crippen LogP contribution in [0.4, 0.5) is 4.39 Å². The molecule has 0 fully saturated rings. The molecule has 0 amide bonds. The summed E-state index contributed by atoms with van der Waals surface area (Å²) in [6.45, 7) is 6.77. The van der Waals surface area contributed by atoms with Gasteiger partial charge >= 0.3 is 11.9 Å². The molecule has 0 radical (unpaired) electrons. The van der Waals surface area contributed by atoms with E-state index < -0.39 is 17.8 Å². The second kappa shape index (κ2) is 15.7. The van der Waals surface area contributed by atoms with Crippen LogP contribution in [0.3, 0.4) is 0 Å². The topological polar surface area (TPSA) is 61.8 Å². The first-order valence-corrected chi connectivity index (χ1v) is 14.0. The number of ether oxygens (including phenoxy) is 3. The fourth-order valence-corrected chi connectivity index (χ4v) is 4.16. The number of hydrogen-bond donors (Lipinski definition) is 0. The minimum Gasteiger partial charge on any atom is -0.494 e. The Morgan fingerprint density at radius 1 is 0.718 bits per heavy atom. The van der Waals surface area contributed by atoms with Crippen LogP contribution >= 0.6 is 0 Å². The van der Waals surface area contributed by atoms with Gasteiger partial charge in [-0.1, -0.05) is 77.1 Å². The summed E-state index contributed by atoms with van der Waals surface area (Å²) in [6, 6.07) is 18.4. The number of rotatable bonds is 15. The summed E-state index contributed by atoms with van der Waals surface area (Å²) >= 11 is 0. The van der Waals surface area contributed by atoms with E-state index in [0.717, 1.165) is 29.4 Å². The van der Waals surface area contributed by atoms with E-state index in [1.165, 1.54) is 44.2 Å². The Kier molecular flexibility index (Phi) is 12.0. The molecule has 0 spiro atoms. The van der Waals surface area contributed by atoms with Crippen molar-refractivity contribution in [2.45, 2.75) is 78.2 Å². The molecule has 5 nitrogen and oxygen atoms in total. The van der Waals surface area contributed by atoms with E-state index in [0.29, 0.717) is 19.4 Å². The van der Waals surface area contributed by atoms with Crippen LogP contribution in [0, 0.1) is 5.82 Å². The largest absolute Gasteiger partial charge is 0.494 e. The summed E-state index contributed by atoms with van der Waals surface area (Å²) in [5.41, 5.74) is 2.28. The van der Waals surface area contributed by atoms with Gasteiger partial charge in [-0.3, -0.25) is 0 Å². The van der Waals surface area contributed by atoms with Gasteiger partial charge in [0, 0.05) is 0 Å². The molecule has 208 valence electrons. The van der Waals surface area contributed by atoms with Crippen molar-refractivity contribution < 1.29 is 28.2 Å². The van der Waals surface area contributed by atoms with Gasteiger partial charge in [-0.25, -0.2) is 14.0 Å². The molecule has 0 atom stereocenters. The lowest BCUT2D eigenvalue weighted by Crippen LogP contribution is -2.17. The molecule has 3 aromatic carbocycles. The lowest BCUT2D eigenvalue weighted by atomic mass is 10.0. The predicted molar refractivity (Wildman–Crippen MR) is 152 cm³/mol. The van der Waals surface area contributed by atoms with Crippen LogP contribution in [0.2, 0.25) is 0 Å². The number of halogens is 1. The second-order valence-corrected chi connectivity index (χ2v) is 9.60. The Bertz CT molecular complexity index is 1180. The van der Waals surface area contributed by atoms with Crippen molar-refractivity contribution in [2.24, 2.45) is 0 Å². The van der Waals surface area contributed by atoms with Gasteiger partial charge < -0.3 is 14.2 Å². The second-order valence-electron chi connectivity index (χ2n) is 9.60. The summed E-state index contributed by atoms with van der Waals surface area (Å²) in [4.78, 5) is 24.8.